The van der Waals surface area contributed by atoms with Gasteiger partial charge < -0.3 is 15.3 Å². The first-order valence-electron chi connectivity index (χ1n) is 11.5. The number of carbonyl (C=O) groups excluding carboxylic acids is 2. The van der Waals surface area contributed by atoms with E-state index >= 15 is 0 Å². The number of nitrogens with two attached hydrogens (primary N) is 1. The highest BCUT2D eigenvalue weighted by molar-refractivity contribution is 7.90. The van der Waals surface area contributed by atoms with Crippen molar-refractivity contribution in [2.75, 3.05) is 0 Å². The van der Waals surface area contributed by atoms with Gasteiger partial charge in [-0.15, -0.1) is 0 Å². The van der Waals surface area contributed by atoms with E-state index in [9.17, 15) is 31.6 Å². The molecule has 0 fully saturated rings. The summed E-state index contributed by atoms with van der Waals surface area (Å²) in [6.45, 7) is 3.82. The number of nitrogens with zero attached hydrogens (tertiary/aromatic N) is 1. The van der Waals surface area contributed by atoms with Gasteiger partial charge in [0, 0.05) is 33.8 Å². The first-order valence-corrected chi connectivity index (χ1v) is 13.0. The molecule has 38 heavy (non-hydrogen) atoms. The van der Waals surface area contributed by atoms with Crippen molar-refractivity contribution in [3.8, 4) is 11.1 Å². The molecule has 0 radical (unpaired) electrons. The van der Waals surface area contributed by atoms with Crippen molar-refractivity contribution in [1.82, 2.24) is 14.3 Å². The lowest BCUT2D eigenvalue weighted by Crippen LogP contribution is -2.37. The largest absolute Gasteiger partial charge is 0.366 e. The average Bonchev–Trinajstić information content (AvgIpc) is 3.13. The highest BCUT2D eigenvalue weighted by Crippen LogP contribution is 2.36. The fourth-order valence-corrected chi connectivity index (χ4v) is 4.67. The lowest BCUT2D eigenvalue weighted by Gasteiger charge is -2.15. The van der Waals surface area contributed by atoms with E-state index in [1.807, 2.05) is 4.72 Å². The minimum absolute atomic E-state index is 0.00648. The van der Waals surface area contributed by atoms with Crippen molar-refractivity contribution < 1.29 is 26.8 Å². The third kappa shape index (κ3) is 4.82. The van der Waals surface area contributed by atoms with Crippen molar-refractivity contribution in [2.45, 2.75) is 32.6 Å². The van der Waals surface area contributed by atoms with Crippen LogP contribution in [0.5, 0.6) is 0 Å². The summed E-state index contributed by atoms with van der Waals surface area (Å²) in [5.41, 5.74) is 4.71. The number of halogens is 2. The molecular formula is C26H24F2N4O5S. The molecular weight excluding hydrogens is 518 g/mol. The molecule has 4 rings (SSSR count). The summed E-state index contributed by atoms with van der Waals surface area (Å²) in [7, 11) is -4.13. The molecule has 0 saturated heterocycles. The van der Waals surface area contributed by atoms with Gasteiger partial charge in [0.1, 0.15) is 17.3 Å². The molecule has 2 aromatic carbocycles. The standard InChI is InChI=1S/C26H24F2N4O5S/c1-13(2)38(36,37)31-26(35)23-22(17-5-4-8-30-25(17)34)18-9-14(3)20(28)11-21(18)32(23)12-16-10-15(24(29)33)6-7-19(16)27/h4-11,13H,12H2,1-3H3,(H2,29,33)(H,30,34)(H,31,35). The Labute approximate surface area is 216 Å². The number of pyridine rings is 1. The molecule has 0 aliphatic carbocycles. The van der Waals surface area contributed by atoms with Gasteiger partial charge in [0.25, 0.3) is 11.5 Å². The predicted molar refractivity (Wildman–Crippen MR) is 138 cm³/mol. The van der Waals surface area contributed by atoms with Gasteiger partial charge in [-0.05, 0) is 68.8 Å². The Hall–Kier alpha value is -4.32. The molecule has 0 atom stereocenters. The molecule has 2 amide bonds. The number of amides is 2. The maximum Gasteiger partial charge on any atom is 0.282 e. The van der Waals surface area contributed by atoms with Gasteiger partial charge in [-0.1, -0.05) is 0 Å². The molecule has 4 N–H and O–H groups in total. The number of fused-ring (bicyclic) bond motifs is 1. The van der Waals surface area contributed by atoms with Gasteiger partial charge in [0.15, 0.2) is 0 Å². The van der Waals surface area contributed by atoms with E-state index in [0.29, 0.717) is 0 Å². The Bertz CT molecular complexity index is 1770. The molecule has 9 nitrogen and oxygen atoms in total. The van der Waals surface area contributed by atoms with Crippen LogP contribution < -0.4 is 16.0 Å². The molecule has 0 saturated carbocycles. The SMILES string of the molecule is Cc1cc2c(-c3ccc[nH]c3=O)c(C(=O)NS(=O)(=O)C(C)C)n(Cc3cc(C(N)=O)ccc3F)c2cc1F. The maximum absolute atomic E-state index is 14.9. The summed E-state index contributed by atoms with van der Waals surface area (Å²) in [4.78, 5) is 40.6. The van der Waals surface area contributed by atoms with E-state index in [1.54, 1.807) is 0 Å². The quantitative estimate of drug-likeness (QED) is 0.329. The summed E-state index contributed by atoms with van der Waals surface area (Å²) in [5, 5.41) is -0.712. The topological polar surface area (TPSA) is 144 Å². The lowest BCUT2D eigenvalue weighted by molar-refractivity contribution is 0.0970. The van der Waals surface area contributed by atoms with Gasteiger partial charge in [-0.3, -0.25) is 14.4 Å². The zero-order chi connectivity index (χ0) is 27.9. The Morgan fingerprint density at radius 1 is 1.11 bits per heavy atom. The molecule has 12 heteroatoms. The van der Waals surface area contributed by atoms with Crippen molar-refractivity contribution >= 4 is 32.7 Å². The summed E-state index contributed by atoms with van der Waals surface area (Å²) >= 11 is 0. The van der Waals surface area contributed by atoms with Crippen LogP contribution in [0.4, 0.5) is 8.78 Å². The minimum Gasteiger partial charge on any atom is -0.366 e. The van der Waals surface area contributed by atoms with Crippen molar-refractivity contribution in [3.63, 3.8) is 0 Å². The molecule has 0 unspecified atom stereocenters. The third-order valence-corrected chi connectivity index (χ3v) is 7.87. The number of rotatable bonds is 7. The van der Waals surface area contributed by atoms with Crippen LogP contribution in [0.25, 0.3) is 22.0 Å². The highest BCUT2D eigenvalue weighted by atomic mass is 32.2. The van der Waals surface area contributed by atoms with Crippen LogP contribution in [-0.2, 0) is 16.6 Å². The van der Waals surface area contributed by atoms with E-state index in [0.717, 1.165) is 12.1 Å². The highest BCUT2D eigenvalue weighted by Gasteiger charge is 2.30. The predicted octanol–water partition coefficient (Wildman–Crippen LogP) is 3.20. The smallest absolute Gasteiger partial charge is 0.282 e. The first-order chi connectivity index (χ1) is 17.8. The number of benzene rings is 2. The second-order valence-corrected chi connectivity index (χ2v) is 11.3. The van der Waals surface area contributed by atoms with E-state index in [-0.39, 0.29) is 44.4 Å². The van der Waals surface area contributed by atoms with Crippen molar-refractivity contribution in [3.05, 3.63) is 93.0 Å². The average molecular weight is 543 g/mol. The summed E-state index contributed by atoms with van der Waals surface area (Å²) in [6.07, 6.45) is 1.38. The number of sulfonamides is 1. The minimum atomic E-state index is -4.13. The number of hydrogen-bond donors (Lipinski definition) is 3. The van der Waals surface area contributed by atoms with Gasteiger partial charge in [-0.25, -0.2) is 21.9 Å². The lowest BCUT2D eigenvalue weighted by atomic mass is 10.0. The summed E-state index contributed by atoms with van der Waals surface area (Å²) in [5.74, 6) is -3.30. The second-order valence-electron chi connectivity index (χ2n) is 9.04. The van der Waals surface area contributed by atoms with Gasteiger partial charge in [0.05, 0.1) is 17.3 Å². The number of aromatic nitrogens is 2. The van der Waals surface area contributed by atoms with E-state index in [2.05, 4.69) is 4.98 Å². The number of aryl methyl sites for hydroxylation is 1. The number of nitrogens with one attached hydrogen (secondary N) is 2. The molecule has 2 aromatic heterocycles. The number of primary amides is 1. The number of aromatic amines is 1. The van der Waals surface area contributed by atoms with Gasteiger partial charge in [-0.2, -0.15) is 0 Å². The maximum atomic E-state index is 14.9. The van der Waals surface area contributed by atoms with Crippen molar-refractivity contribution in [2.24, 2.45) is 5.73 Å². The first kappa shape index (κ1) is 26.7. The van der Waals surface area contributed by atoms with Crippen LogP contribution in [0.3, 0.4) is 0 Å². The van der Waals surface area contributed by atoms with Crippen LogP contribution in [0.15, 0.2) is 53.5 Å². The number of hydrogen-bond acceptors (Lipinski definition) is 5. The molecule has 0 aliphatic rings. The molecule has 2 heterocycles. The van der Waals surface area contributed by atoms with E-state index < -0.39 is 50.8 Å². The molecule has 198 valence electrons. The number of carbonyl (C=O) groups is 2. The molecule has 0 aliphatic heterocycles. The van der Waals surface area contributed by atoms with Crippen LogP contribution in [0, 0.1) is 18.6 Å². The Morgan fingerprint density at radius 2 is 1.82 bits per heavy atom. The summed E-state index contributed by atoms with van der Waals surface area (Å²) in [6, 6.07) is 8.89. The Kier molecular flexibility index (Phi) is 6.94. The van der Waals surface area contributed by atoms with Gasteiger partial charge >= 0.3 is 0 Å². The van der Waals surface area contributed by atoms with E-state index in [1.165, 1.54) is 61.9 Å². The molecule has 0 bridgehead atoms. The summed E-state index contributed by atoms with van der Waals surface area (Å²) < 4.78 is 58.1. The van der Waals surface area contributed by atoms with Crippen LogP contribution in [0.2, 0.25) is 0 Å². The normalized spacial score (nSPS) is 11.7. The van der Waals surface area contributed by atoms with E-state index in [4.69, 9.17) is 5.73 Å². The molecule has 0 spiro atoms. The molecule has 4 aromatic rings. The van der Waals surface area contributed by atoms with Crippen LogP contribution >= 0.6 is 0 Å². The second kappa shape index (κ2) is 9.86. The third-order valence-electron chi connectivity index (χ3n) is 6.16. The number of H-pyrrole nitrogens is 1. The van der Waals surface area contributed by atoms with Gasteiger partial charge in [0.2, 0.25) is 15.9 Å². The zero-order valence-electron chi connectivity index (χ0n) is 20.6. The van der Waals surface area contributed by atoms with Crippen LogP contribution in [-0.4, -0.2) is 35.0 Å². The van der Waals surface area contributed by atoms with Crippen LogP contribution in [0.1, 0.15) is 45.8 Å². The fourth-order valence-electron chi connectivity index (χ4n) is 4.08. The monoisotopic (exact) mass is 542 g/mol. The Morgan fingerprint density at radius 3 is 2.45 bits per heavy atom. The van der Waals surface area contributed by atoms with Crippen molar-refractivity contribution in [1.29, 1.82) is 0 Å². The Balaban J connectivity index is 2.11. The fraction of sp³-hybridized carbons (Fsp3) is 0.192. The zero-order valence-corrected chi connectivity index (χ0v) is 21.4.